The summed E-state index contributed by atoms with van der Waals surface area (Å²) in [4.78, 5) is 20.7. The third-order valence-corrected chi connectivity index (χ3v) is 5.66. The molecule has 0 bridgehead atoms. The van der Waals surface area contributed by atoms with Crippen molar-refractivity contribution < 1.29 is 9.53 Å². The van der Waals surface area contributed by atoms with Gasteiger partial charge >= 0.3 is 5.97 Å². The van der Waals surface area contributed by atoms with Crippen molar-refractivity contribution in [3.63, 3.8) is 0 Å². The Morgan fingerprint density at radius 1 is 1.19 bits per heavy atom. The van der Waals surface area contributed by atoms with E-state index in [4.69, 9.17) is 10.00 Å². The molecule has 1 aromatic carbocycles. The van der Waals surface area contributed by atoms with Crippen LogP contribution < -0.4 is 5.32 Å². The van der Waals surface area contributed by atoms with Gasteiger partial charge in [0.05, 0.1) is 42.4 Å². The standard InChI is InChI=1S/C23H24N6O2/c1-15-12-25-23(28-21(15)17-5-7-18(8-6-17)22(30)31-2)27-19-13-26-29(14-19)20-9-3-16(11-24)4-10-20/h5-8,12-14,16,20H,3-4,9-10H2,1-2H3,(H,25,27,28)/t16-,20+. The van der Waals surface area contributed by atoms with Crippen molar-refractivity contribution in [2.75, 3.05) is 12.4 Å². The van der Waals surface area contributed by atoms with Crippen molar-refractivity contribution in [1.82, 2.24) is 19.7 Å². The number of rotatable bonds is 5. The molecule has 1 fully saturated rings. The number of nitrogens with zero attached hydrogens (tertiary/aromatic N) is 5. The lowest BCUT2D eigenvalue weighted by molar-refractivity contribution is 0.0600. The number of aromatic nitrogens is 4. The lowest BCUT2D eigenvalue weighted by atomic mass is 9.87. The largest absolute Gasteiger partial charge is 0.465 e. The van der Waals surface area contributed by atoms with Crippen LogP contribution >= 0.6 is 0 Å². The van der Waals surface area contributed by atoms with Gasteiger partial charge in [-0.1, -0.05) is 12.1 Å². The van der Waals surface area contributed by atoms with Crippen molar-refractivity contribution in [2.24, 2.45) is 5.92 Å². The topological polar surface area (TPSA) is 106 Å². The van der Waals surface area contributed by atoms with Crippen molar-refractivity contribution in [3.8, 4) is 17.3 Å². The van der Waals surface area contributed by atoms with E-state index in [9.17, 15) is 4.79 Å². The number of hydrogen-bond donors (Lipinski definition) is 1. The van der Waals surface area contributed by atoms with Crippen molar-refractivity contribution >= 4 is 17.6 Å². The number of nitriles is 1. The van der Waals surface area contributed by atoms with Crippen LogP contribution in [0.4, 0.5) is 11.6 Å². The van der Waals surface area contributed by atoms with Gasteiger partial charge in [0.15, 0.2) is 0 Å². The van der Waals surface area contributed by atoms with Gasteiger partial charge in [-0.3, -0.25) is 4.68 Å². The number of carbonyl (C=O) groups excluding carboxylic acids is 1. The summed E-state index contributed by atoms with van der Waals surface area (Å²) < 4.78 is 6.72. The molecule has 0 spiro atoms. The zero-order valence-corrected chi connectivity index (χ0v) is 17.6. The molecule has 0 aliphatic heterocycles. The average molecular weight is 416 g/mol. The van der Waals surface area contributed by atoms with E-state index < -0.39 is 0 Å². The molecule has 0 unspecified atom stereocenters. The van der Waals surface area contributed by atoms with Crippen LogP contribution in [-0.4, -0.2) is 32.8 Å². The predicted octanol–water partition coefficient (Wildman–Crippen LogP) is 4.43. The molecule has 2 heterocycles. The first-order chi connectivity index (χ1) is 15.1. The Kier molecular flexibility index (Phi) is 5.94. The number of aryl methyl sites for hydroxylation is 1. The molecule has 0 atom stereocenters. The minimum atomic E-state index is -0.369. The highest BCUT2D eigenvalue weighted by Gasteiger charge is 2.22. The van der Waals surface area contributed by atoms with E-state index in [1.165, 1.54) is 7.11 Å². The molecule has 8 heteroatoms. The van der Waals surface area contributed by atoms with Crippen LogP contribution in [0.2, 0.25) is 0 Å². The van der Waals surface area contributed by atoms with Crippen LogP contribution in [0.3, 0.4) is 0 Å². The molecule has 8 nitrogen and oxygen atoms in total. The summed E-state index contributed by atoms with van der Waals surface area (Å²) in [5.74, 6) is 0.280. The van der Waals surface area contributed by atoms with Gasteiger partial charge in [0.2, 0.25) is 5.95 Å². The van der Waals surface area contributed by atoms with Gasteiger partial charge in [0.1, 0.15) is 0 Å². The molecule has 2 aromatic heterocycles. The normalized spacial score (nSPS) is 18.2. The van der Waals surface area contributed by atoms with Gasteiger partial charge in [-0.25, -0.2) is 14.8 Å². The zero-order valence-electron chi connectivity index (χ0n) is 17.6. The maximum atomic E-state index is 11.7. The fourth-order valence-electron chi connectivity index (χ4n) is 3.88. The summed E-state index contributed by atoms with van der Waals surface area (Å²) >= 11 is 0. The number of ether oxygens (including phenoxy) is 1. The number of nitrogens with one attached hydrogen (secondary N) is 1. The number of methoxy groups -OCH3 is 1. The van der Waals surface area contributed by atoms with Crippen molar-refractivity contribution in [1.29, 1.82) is 5.26 Å². The molecular formula is C23H24N6O2. The maximum absolute atomic E-state index is 11.7. The summed E-state index contributed by atoms with van der Waals surface area (Å²) in [6.45, 7) is 1.95. The second kappa shape index (κ2) is 8.96. The number of hydrogen-bond acceptors (Lipinski definition) is 7. The molecule has 1 saturated carbocycles. The fourth-order valence-corrected chi connectivity index (χ4v) is 3.88. The predicted molar refractivity (Wildman–Crippen MR) is 116 cm³/mol. The van der Waals surface area contributed by atoms with E-state index in [2.05, 4.69) is 26.5 Å². The molecule has 0 radical (unpaired) electrons. The van der Waals surface area contributed by atoms with E-state index in [1.807, 2.05) is 29.9 Å². The Balaban J connectivity index is 1.49. The Hall–Kier alpha value is -3.73. The lowest BCUT2D eigenvalue weighted by Gasteiger charge is -2.24. The Morgan fingerprint density at radius 2 is 1.94 bits per heavy atom. The third-order valence-electron chi connectivity index (χ3n) is 5.66. The van der Waals surface area contributed by atoms with Crippen LogP contribution in [0.25, 0.3) is 11.3 Å². The van der Waals surface area contributed by atoms with E-state index in [0.29, 0.717) is 17.6 Å². The molecule has 1 aliphatic rings. The minimum absolute atomic E-state index is 0.172. The van der Waals surface area contributed by atoms with E-state index >= 15 is 0 Å². The van der Waals surface area contributed by atoms with E-state index in [1.54, 1.807) is 24.5 Å². The first-order valence-electron chi connectivity index (χ1n) is 10.3. The summed E-state index contributed by atoms with van der Waals surface area (Å²) in [6, 6.07) is 9.83. The van der Waals surface area contributed by atoms with Crippen LogP contribution in [0.1, 0.15) is 47.6 Å². The number of carbonyl (C=O) groups is 1. The third kappa shape index (κ3) is 4.56. The second-order valence-corrected chi connectivity index (χ2v) is 7.76. The molecular weight excluding hydrogens is 392 g/mol. The smallest absolute Gasteiger partial charge is 0.337 e. The molecule has 0 amide bonds. The Labute approximate surface area is 180 Å². The summed E-state index contributed by atoms with van der Waals surface area (Å²) in [5, 5.41) is 16.8. The fraction of sp³-hybridized carbons (Fsp3) is 0.348. The minimum Gasteiger partial charge on any atom is -0.465 e. The van der Waals surface area contributed by atoms with Gasteiger partial charge in [-0.05, 0) is 50.3 Å². The van der Waals surface area contributed by atoms with Crippen LogP contribution in [0, 0.1) is 24.2 Å². The highest BCUT2D eigenvalue weighted by atomic mass is 16.5. The van der Waals surface area contributed by atoms with Crippen LogP contribution in [0.5, 0.6) is 0 Å². The Morgan fingerprint density at radius 3 is 2.61 bits per heavy atom. The summed E-state index contributed by atoms with van der Waals surface area (Å²) in [5.41, 5.74) is 3.92. The summed E-state index contributed by atoms with van der Waals surface area (Å²) in [6.07, 6.45) is 9.27. The van der Waals surface area contributed by atoms with Gasteiger partial charge in [-0.2, -0.15) is 10.4 Å². The molecule has 1 aliphatic carbocycles. The van der Waals surface area contributed by atoms with E-state index in [-0.39, 0.29) is 11.9 Å². The monoisotopic (exact) mass is 416 g/mol. The highest BCUT2D eigenvalue weighted by Crippen LogP contribution is 2.32. The van der Waals surface area contributed by atoms with Gasteiger partial charge < -0.3 is 10.1 Å². The molecule has 0 saturated heterocycles. The molecule has 158 valence electrons. The molecule has 3 aromatic rings. The van der Waals surface area contributed by atoms with Gasteiger partial charge in [0.25, 0.3) is 0 Å². The Bertz CT molecular complexity index is 1110. The van der Waals surface area contributed by atoms with Crippen molar-refractivity contribution in [3.05, 3.63) is 54.0 Å². The quantitative estimate of drug-likeness (QED) is 0.613. The lowest BCUT2D eigenvalue weighted by Crippen LogP contribution is -2.17. The molecule has 4 rings (SSSR count). The first kappa shape index (κ1) is 20.5. The average Bonchev–Trinajstić information content (AvgIpc) is 3.28. The van der Waals surface area contributed by atoms with Crippen LogP contribution in [0.15, 0.2) is 42.9 Å². The highest BCUT2D eigenvalue weighted by molar-refractivity contribution is 5.89. The second-order valence-electron chi connectivity index (χ2n) is 7.76. The number of anilines is 2. The van der Waals surface area contributed by atoms with Crippen molar-refractivity contribution in [2.45, 2.75) is 38.6 Å². The molecule has 31 heavy (non-hydrogen) atoms. The first-order valence-corrected chi connectivity index (χ1v) is 10.3. The number of esters is 1. The number of benzene rings is 1. The summed E-state index contributed by atoms with van der Waals surface area (Å²) in [7, 11) is 1.36. The zero-order chi connectivity index (χ0) is 21.8. The van der Waals surface area contributed by atoms with Crippen LogP contribution in [-0.2, 0) is 4.74 Å². The maximum Gasteiger partial charge on any atom is 0.337 e. The SMILES string of the molecule is COC(=O)c1ccc(-c2nc(Nc3cnn([C@H]4CC[C@@H](C#N)CC4)c3)ncc2C)cc1. The van der Waals surface area contributed by atoms with Gasteiger partial charge in [-0.15, -0.1) is 0 Å². The van der Waals surface area contributed by atoms with Gasteiger partial charge in [0, 0.05) is 23.9 Å². The molecule has 1 N–H and O–H groups in total. The van der Waals surface area contributed by atoms with E-state index in [0.717, 1.165) is 48.2 Å².